The summed E-state index contributed by atoms with van der Waals surface area (Å²) < 4.78 is 0. The van der Waals surface area contributed by atoms with Crippen molar-refractivity contribution in [2.24, 2.45) is 0 Å². The van der Waals surface area contributed by atoms with Crippen LogP contribution in [0, 0.1) is 0 Å². The Kier molecular flexibility index (Phi) is 7.00. The molecule has 1 atom stereocenters. The van der Waals surface area contributed by atoms with Gasteiger partial charge in [-0.25, -0.2) is 4.79 Å². The van der Waals surface area contributed by atoms with Crippen molar-refractivity contribution in [2.45, 2.75) is 26.8 Å². The first-order chi connectivity index (χ1) is 7.56. The Hall–Kier alpha value is -1.52. The van der Waals surface area contributed by atoms with E-state index in [9.17, 15) is 9.59 Å². The lowest BCUT2D eigenvalue weighted by Gasteiger charge is -2.23. The number of urea groups is 1. The number of nitrogens with zero attached hydrogens (tertiary/aromatic N) is 1. The fraction of sp³-hybridized carbons (Fsp3) is 0.636. The van der Waals surface area contributed by atoms with Gasteiger partial charge in [0.25, 0.3) is 0 Å². The van der Waals surface area contributed by atoms with Crippen LogP contribution in [0.1, 0.15) is 20.8 Å². The molecule has 0 aliphatic rings. The van der Waals surface area contributed by atoms with Gasteiger partial charge in [0.15, 0.2) is 0 Å². The predicted octanol–water partition coefficient (Wildman–Crippen LogP) is 0.728. The van der Waals surface area contributed by atoms with Crippen LogP contribution in [0.25, 0.3) is 0 Å². The zero-order chi connectivity index (χ0) is 12.6. The van der Waals surface area contributed by atoms with Crippen molar-refractivity contribution in [1.29, 1.82) is 0 Å². The maximum atomic E-state index is 11.8. The Morgan fingerprint density at radius 1 is 1.38 bits per heavy atom. The minimum absolute atomic E-state index is 0.0706. The molecule has 3 amide bonds. The Morgan fingerprint density at radius 2 is 1.94 bits per heavy atom. The zero-order valence-corrected chi connectivity index (χ0v) is 10.2. The van der Waals surface area contributed by atoms with E-state index in [0.717, 1.165) is 0 Å². The van der Waals surface area contributed by atoms with E-state index < -0.39 is 6.04 Å². The molecular weight excluding hydrogens is 206 g/mol. The summed E-state index contributed by atoms with van der Waals surface area (Å²) in [6.07, 6.45) is 1.58. The fourth-order valence-electron chi connectivity index (χ4n) is 1.28. The van der Waals surface area contributed by atoms with Crippen LogP contribution < -0.4 is 10.6 Å². The van der Waals surface area contributed by atoms with Gasteiger partial charge in [-0.1, -0.05) is 6.08 Å². The zero-order valence-electron chi connectivity index (χ0n) is 10.2. The van der Waals surface area contributed by atoms with Crippen LogP contribution in [0.3, 0.4) is 0 Å². The van der Waals surface area contributed by atoms with Crippen LogP contribution in [-0.4, -0.2) is 42.5 Å². The molecule has 0 saturated carbocycles. The van der Waals surface area contributed by atoms with Gasteiger partial charge in [-0.3, -0.25) is 4.79 Å². The van der Waals surface area contributed by atoms with Crippen molar-refractivity contribution in [3.05, 3.63) is 12.7 Å². The molecule has 0 spiro atoms. The second kappa shape index (κ2) is 7.73. The first-order valence-corrected chi connectivity index (χ1v) is 5.50. The average molecular weight is 227 g/mol. The van der Waals surface area contributed by atoms with E-state index in [1.54, 1.807) is 17.9 Å². The second-order valence-corrected chi connectivity index (χ2v) is 3.38. The van der Waals surface area contributed by atoms with Crippen LogP contribution >= 0.6 is 0 Å². The molecule has 0 radical (unpaired) electrons. The monoisotopic (exact) mass is 227 g/mol. The average Bonchev–Trinajstić information content (AvgIpc) is 2.27. The summed E-state index contributed by atoms with van der Waals surface area (Å²) in [5, 5.41) is 5.13. The summed E-state index contributed by atoms with van der Waals surface area (Å²) in [7, 11) is 0. The molecule has 0 heterocycles. The van der Waals surface area contributed by atoms with E-state index in [1.165, 1.54) is 0 Å². The van der Waals surface area contributed by atoms with Crippen molar-refractivity contribution in [3.63, 3.8) is 0 Å². The Balaban J connectivity index is 4.13. The third-order valence-corrected chi connectivity index (χ3v) is 2.20. The molecule has 0 rings (SSSR count). The van der Waals surface area contributed by atoms with Gasteiger partial charge in [-0.05, 0) is 20.8 Å². The van der Waals surface area contributed by atoms with Crippen LogP contribution in [-0.2, 0) is 4.79 Å². The third kappa shape index (κ3) is 4.82. The van der Waals surface area contributed by atoms with Crippen LogP contribution in [0.2, 0.25) is 0 Å². The van der Waals surface area contributed by atoms with Crippen molar-refractivity contribution in [2.75, 3.05) is 19.6 Å². The molecule has 0 bridgehead atoms. The molecular formula is C11H21N3O2. The lowest BCUT2D eigenvalue weighted by Crippen LogP contribution is -2.49. The minimum Gasteiger partial charge on any atom is -0.341 e. The number of likely N-dealkylation sites (N-methyl/N-ethyl adjacent to an activating group) is 1. The number of hydrogen-bond donors (Lipinski definition) is 2. The minimum atomic E-state index is -0.510. The molecule has 92 valence electrons. The van der Waals surface area contributed by atoms with Gasteiger partial charge in [0.1, 0.15) is 6.04 Å². The normalized spacial score (nSPS) is 11.4. The lowest BCUT2D eigenvalue weighted by atomic mass is 10.3. The van der Waals surface area contributed by atoms with E-state index in [2.05, 4.69) is 17.2 Å². The molecule has 2 N–H and O–H groups in total. The highest BCUT2D eigenvalue weighted by atomic mass is 16.2. The largest absolute Gasteiger partial charge is 0.341 e. The molecule has 0 aromatic heterocycles. The summed E-state index contributed by atoms with van der Waals surface area (Å²) in [4.78, 5) is 24.7. The molecule has 0 aliphatic heterocycles. The number of amides is 3. The van der Waals surface area contributed by atoms with Gasteiger partial charge in [0.2, 0.25) is 5.91 Å². The highest BCUT2D eigenvalue weighted by molar-refractivity contribution is 5.86. The summed E-state index contributed by atoms with van der Waals surface area (Å²) >= 11 is 0. The Labute approximate surface area is 96.9 Å². The predicted molar refractivity (Wildman–Crippen MR) is 64.1 cm³/mol. The quantitative estimate of drug-likeness (QED) is 0.657. The van der Waals surface area contributed by atoms with E-state index in [1.807, 2.05) is 13.8 Å². The standard InChI is InChI=1S/C11H21N3O2/c1-5-8-12-11(16)13-9(4)10(15)14(6-2)7-3/h5,9H,1,6-8H2,2-4H3,(H2,12,13,16)/t9-/m1/s1. The van der Waals surface area contributed by atoms with Gasteiger partial charge in [0.05, 0.1) is 0 Å². The molecule has 0 saturated heterocycles. The Morgan fingerprint density at radius 3 is 2.38 bits per heavy atom. The molecule has 5 heteroatoms. The van der Waals surface area contributed by atoms with Crippen LogP contribution in [0.5, 0.6) is 0 Å². The first-order valence-electron chi connectivity index (χ1n) is 5.50. The molecule has 0 fully saturated rings. The second-order valence-electron chi connectivity index (χ2n) is 3.38. The number of carbonyl (C=O) groups excluding carboxylic acids is 2. The maximum absolute atomic E-state index is 11.8. The van der Waals surface area contributed by atoms with Crippen molar-refractivity contribution >= 4 is 11.9 Å². The molecule has 5 nitrogen and oxygen atoms in total. The fourth-order valence-corrected chi connectivity index (χ4v) is 1.28. The SMILES string of the molecule is C=CCNC(=O)N[C@H](C)C(=O)N(CC)CC. The lowest BCUT2D eigenvalue weighted by molar-refractivity contribution is -0.132. The van der Waals surface area contributed by atoms with Gasteiger partial charge in [0, 0.05) is 19.6 Å². The molecule has 0 aromatic rings. The third-order valence-electron chi connectivity index (χ3n) is 2.20. The highest BCUT2D eigenvalue weighted by Crippen LogP contribution is 1.94. The molecule has 0 aliphatic carbocycles. The maximum Gasteiger partial charge on any atom is 0.315 e. The molecule has 0 unspecified atom stereocenters. The van der Waals surface area contributed by atoms with Gasteiger partial charge < -0.3 is 15.5 Å². The van der Waals surface area contributed by atoms with Crippen molar-refractivity contribution in [3.8, 4) is 0 Å². The number of hydrogen-bond acceptors (Lipinski definition) is 2. The smallest absolute Gasteiger partial charge is 0.315 e. The molecule has 16 heavy (non-hydrogen) atoms. The van der Waals surface area contributed by atoms with E-state index >= 15 is 0 Å². The first kappa shape index (κ1) is 14.5. The number of nitrogens with one attached hydrogen (secondary N) is 2. The van der Waals surface area contributed by atoms with E-state index in [-0.39, 0.29) is 11.9 Å². The summed E-state index contributed by atoms with van der Waals surface area (Å²) in [6, 6.07) is -0.863. The topological polar surface area (TPSA) is 61.4 Å². The van der Waals surface area contributed by atoms with Crippen LogP contribution in [0.4, 0.5) is 4.79 Å². The van der Waals surface area contributed by atoms with E-state index in [4.69, 9.17) is 0 Å². The Bertz CT molecular complexity index is 250. The highest BCUT2D eigenvalue weighted by Gasteiger charge is 2.19. The summed E-state index contributed by atoms with van der Waals surface area (Å²) in [5.74, 6) is -0.0706. The summed E-state index contributed by atoms with van der Waals surface area (Å²) in [5.41, 5.74) is 0. The van der Waals surface area contributed by atoms with Gasteiger partial charge >= 0.3 is 6.03 Å². The van der Waals surface area contributed by atoms with Gasteiger partial charge in [-0.2, -0.15) is 0 Å². The molecule has 0 aromatic carbocycles. The van der Waals surface area contributed by atoms with Crippen molar-refractivity contribution in [1.82, 2.24) is 15.5 Å². The number of rotatable bonds is 6. The summed E-state index contributed by atoms with van der Waals surface area (Å²) in [6.45, 7) is 10.7. The van der Waals surface area contributed by atoms with Crippen molar-refractivity contribution < 1.29 is 9.59 Å². The van der Waals surface area contributed by atoms with Gasteiger partial charge in [-0.15, -0.1) is 6.58 Å². The number of carbonyl (C=O) groups is 2. The van der Waals surface area contributed by atoms with Crippen LogP contribution in [0.15, 0.2) is 12.7 Å². The van der Waals surface area contributed by atoms with E-state index in [0.29, 0.717) is 19.6 Å².